The molecule has 0 fully saturated rings. The quantitative estimate of drug-likeness (QED) is 0.793. The fraction of sp³-hybridized carbons (Fsp3) is 0.357. The van der Waals surface area contributed by atoms with Crippen LogP contribution in [0.4, 0.5) is 0 Å². The highest BCUT2D eigenvalue weighted by atomic mass is 31.2. The molecule has 0 radical (unpaired) electrons. The van der Waals surface area contributed by atoms with E-state index in [1.165, 1.54) is 0 Å². The molecular weight excluding hydrogens is 279 g/mol. The molecule has 5 nitrogen and oxygen atoms in total. The SMILES string of the molecule is CCOP(=O)(OCC)c1c(C)oc2ccccc2c1=O. The van der Waals surface area contributed by atoms with Gasteiger partial charge in [-0.1, -0.05) is 12.1 Å². The maximum atomic E-state index is 12.8. The molecule has 1 heterocycles. The minimum absolute atomic E-state index is 0.0140. The van der Waals surface area contributed by atoms with Gasteiger partial charge in [-0.05, 0) is 32.9 Å². The number of benzene rings is 1. The van der Waals surface area contributed by atoms with Gasteiger partial charge in [-0.15, -0.1) is 0 Å². The Balaban J connectivity index is 2.76. The largest absolute Gasteiger partial charge is 0.460 e. The number of aryl methyl sites for hydroxylation is 1. The van der Waals surface area contributed by atoms with Crippen molar-refractivity contribution in [1.29, 1.82) is 0 Å². The molecule has 2 rings (SSSR count). The molecule has 0 aliphatic rings. The van der Waals surface area contributed by atoms with Crippen molar-refractivity contribution >= 4 is 23.9 Å². The van der Waals surface area contributed by atoms with Gasteiger partial charge in [-0.2, -0.15) is 0 Å². The lowest BCUT2D eigenvalue weighted by Crippen LogP contribution is -2.29. The highest BCUT2D eigenvalue weighted by Crippen LogP contribution is 2.46. The van der Waals surface area contributed by atoms with E-state index in [2.05, 4.69) is 0 Å². The number of hydrogen-bond donors (Lipinski definition) is 0. The second-order valence-electron chi connectivity index (χ2n) is 4.17. The van der Waals surface area contributed by atoms with Gasteiger partial charge in [0.15, 0.2) is 5.30 Å². The zero-order valence-corrected chi connectivity index (χ0v) is 12.6. The normalized spacial score (nSPS) is 11.9. The monoisotopic (exact) mass is 296 g/mol. The van der Waals surface area contributed by atoms with Gasteiger partial charge in [0.25, 0.3) is 0 Å². The van der Waals surface area contributed by atoms with Crippen LogP contribution in [0.2, 0.25) is 0 Å². The molecule has 0 atom stereocenters. The van der Waals surface area contributed by atoms with Crippen molar-refractivity contribution in [1.82, 2.24) is 0 Å². The van der Waals surface area contributed by atoms with Gasteiger partial charge in [0.2, 0.25) is 5.43 Å². The number of rotatable bonds is 5. The van der Waals surface area contributed by atoms with Crippen molar-refractivity contribution in [2.45, 2.75) is 20.8 Å². The first-order chi connectivity index (χ1) is 9.53. The van der Waals surface area contributed by atoms with Crippen LogP contribution in [0.5, 0.6) is 0 Å². The van der Waals surface area contributed by atoms with E-state index in [1.54, 1.807) is 45.0 Å². The topological polar surface area (TPSA) is 65.7 Å². The van der Waals surface area contributed by atoms with Gasteiger partial charge in [-0.3, -0.25) is 9.36 Å². The van der Waals surface area contributed by atoms with Crippen LogP contribution in [0.1, 0.15) is 19.6 Å². The van der Waals surface area contributed by atoms with E-state index in [-0.39, 0.29) is 29.7 Å². The lowest BCUT2D eigenvalue weighted by molar-refractivity contribution is 0.229. The molecular formula is C14H17O5P. The van der Waals surface area contributed by atoms with Crippen LogP contribution in [0, 0.1) is 6.92 Å². The summed E-state index contributed by atoms with van der Waals surface area (Å²) in [6.07, 6.45) is 0. The molecule has 0 aliphatic heterocycles. The van der Waals surface area contributed by atoms with Gasteiger partial charge < -0.3 is 13.5 Å². The molecule has 0 aliphatic carbocycles. The van der Waals surface area contributed by atoms with Crippen molar-refractivity contribution in [3.8, 4) is 0 Å². The Morgan fingerprint density at radius 2 is 1.75 bits per heavy atom. The number of hydrogen-bond acceptors (Lipinski definition) is 5. The molecule has 0 bridgehead atoms. The molecule has 20 heavy (non-hydrogen) atoms. The Labute approximate surface area is 117 Å². The first-order valence-corrected chi connectivity index (χ1v) is 8.00. The summed E-state index contributed by atoms with van der Waals surface area (Å²) >= 11 is 0. The third-order valence-corrected chi connectivity index (χ3v) is 5.08. The highest BCUT2D eigenvalue weighted by Gasteiger charge is 2.33. The highest BCUT2D eigenvalue weighted by molar-refractivity contribution is 7.62. The third-order valence-electron chi connectivity index (χ3n) is 2.82. The lowest BCUT2D eigenvalue weighted by Gasteiger charge is -2.17. The van der Waals surface area contributed by atoms with Gasteiger partial charge >= 0.3 is 7.60 Å². The summed E-state index contributed by atoms with van der Waals surface area (Å²) in [5.74, 6) is 0.263. The minimum Gasteiger partial charge on any atom is -0.460 e. The van der Waals surface area contributed by atoms with Crippen LogP contribution in [-0.2, 0) is 13.6 Å². The van der Waals surface area contributed by atoms with Crippen molar-refractivity contribution < 1.29 is 18.0 Å². The fourth-order valence-electron chi connectivity index (χ4n) is 2.07. The maximum absolute atomic E-state index is 12.8. The van der Waals surface area contributed by atoms with E-state index in [1.807, 2.05) is 0 Å². The van der Waals surface area contributed by atoms with Crippen molar-refractivity contribution in [3.05, 3.63) is 40.2 Å². The molecule has 0 saturated heterocycles. The van der Waals surface area contributed by atoms with Crippen LogP contribution in [0.15, 0.2) is 33.5 Å². The van der Waals surface area contributed by atoms with Gasteiger partial charge in [0.05, 0.1) is 18.6 Å². The second kappa shape index (κ2) is 5.92. The van der Waals surface area contributed by atoms with Crippen LogP contribution in [0.3, 0.4) is 0 Å². The summed E-state index contributed by atoms with van der Waals surface area (Å²) in [5, 5.41) is 0.354. The summed E-state index contributed by atoms with van der Waals surface area (Å²) in [7, 11) is -3.66. The number of fused-ring (bicyclic) bond motifs is 1. The molecule has 0 unspecified atom stereocenters. The molecule has 1 aromatic carbocycles. The first-order valence-electron chi connectivity index (χ1n) is 6.45. The Morgan fingerprint density at radius 3 is 2.35 bits per heavy atom. The average molecular weight is 296 g/mol. The zero-order valence-electron chi connectivity index (χ0n) is 11.7. The predicted octanol–water partition coefficient (Wildman–Crippen LogP) is 2.99. The Morgan fingerprint density at radius 1 is 1.15 bits per heavy atom. The third kappa shape index (κ3) is 2.57. The van der Waals surface area contributed by atoms with E-state index in [0.29, 0.717) is 11.0 Å². The van der Waals surface area contributed by atoms with Crippen molar-refractivity contribution in [2.24, 2.45) is 0 Å². The minimum atomic E-state index is -3.66. The zero-order chi connectivity index (χ0) is 14.8. The summed E-state index contributed by atoms with van der Waals surface area (Å²) in [6, 6.07) is 6.83. The molecule has 1 aromatic heterocycles. The second-order valence-corrected chi connectivity index (χ2v) is 6.12. The van der Waals surface area contributed by atoms with E-state index in [0.717, 1.165) is 0 Å². The maximum Gasteiger partial charge on any atom is 0.368 e. The summed E-state index contributed by atoms with van der Waals surface area (Å²) in [5.41, 5.74) is 0.0906. The fourth-order valence-corrected chi connectivity index (χ4v) is 3.88. The van der Waals surface area contributed by atoms with E-state index >= 15 is 0 Å². The van der Waals surface area contributed by atoms with E-state index < -0.39 is 7.60 Å². The summed E-state index contributed by atoms with van der Waals surface area (Å²) < 4.78 is 28.9. The van der Waals surface area contributed by atoms with Crippen LogP contribution < -0.4 is 10.7 Å². The van der Waals surface area contributed by atoms with Gasteiger partial charge in [0.1, 0.15) is 11.3 Å². The summed E-state index contributed by atoms with van der Waals surface area (Å²) in [4.78, 5) is 12.6. The Hall–Kier alpha value is -1.42. The number of para-hydroxylation sites is 1. The standard InChI is InChI=1S/C14H17O5P/c1-4-17-20(16,18-5-2)14-10(3)19-12-9-7-6-8-11(12)13(14)15/h6-9H,4-5H2,1-3H3. The lowest BCUT2D eigenvalue weighted by atomic mass is 10.2. The summed E-state index contributed by atoms with van der Waals surface area (Å²) in [6.45, 7) is 5.35. The van der Waals surface area contributed by atoms with Crippen molar-refractivity contribution in [2.75, 3.05) is 13.2 Å². The van der Waals surface area contributed by atoms with Gasteiger partial charge in [-0.25, -0.2) is 0 Å². The molecule has 0 N–H and O–H groups in total. The van der Waals surface area contributed by atoms with Crippen LogP contribution >= 0.6 is 7.60 Å². The predicted molar refractivity (Wildman–Crippen MR) is 77.7 cm³/mol. The Kier molecular flexibility index (Phi) is 4.43. The molecule has 0 saturated carbocycles. The molecule has 0 amide bonds. The van der Waals surface area contributed by atoms with E-state index in [4.69, 9.17) is 13.5 Å². The smallest absolute Gasteiger partial charge is 0.368 e. The van der Waals surface area contributed by atoms with E-state index in [9.17, 15) is 9.36 Å². The molecule has 2 aromatic rings. The molecule has 0 spiro atoms. The first kappa shape index (κ1) is 15.0. The van der Waals surface area contributed by atoms with Crippen LogP contribution in [-0.4, -0.2) is 13.2 Å². The Bertz CT molecular complexity index is 709. The molecule has 108 valence electrons. The average Bonchev–Trinajstić information content (AvgIpc) is 2.39. The van der Waals surface area contributed by atoms with Gasteiger partial charge in [0, 0.05) is 0 Å². The molecule has 6 heteroatoms. The van der Waals surface area contributed by atoms with Crippen LogP contribution in [0.25, 0.3) is 11.0 Å². The van der Waals surface area contributed by atoms with Crippen molar-refractivity contribution in [3.63, 3.8) is 0 Å².